The second kappa shape index (κ2) is 5.01. The van der Waals surface area contributed by atoms with Crippen LogP contribution in [-0.4, -0.2) is 26.9 Å². The molecule has 0 bridgehead atoms. The van der Waals surface area contributed by atoms with Crippen molar-refractivity contribution in [1.82, 2.24) is 9.97 Å². The Morgan fingerprint density at radius 2 is 2.44 bits per heavy atom. The fraction of sp³-hybridized carbons (Fsp3) is 0.636. The fourth-order valence-corrected chi connectivity index (χ4v) is 2.47. The summed E-state index contributed by atoms with van der Waals surface area (Å²) >= 11 is 1.55. The number of hydrogen-bond donors (Lipinski definition) is 2. The van der Waals surface area contributed by atoms with Crippen LogP contribution in [0.2, 0.25) is 0 Å². The van der Waals surface area contributed by atoms with E-state index in [1.165, 1.54) is 6.07 Å². The van der Waals surface area contributed by atoms with Gasteiger partial charge in [0.1, 0.15) is 10.9 Å². The Bertz CT molecular complexity index is 415. The van der Waals surface area contributed by atoms with Gasteiger partial charge in [0.05, 0.1) is 0 Å². The largest absolute Gasteiger partial charge is 0.396 e. The van der Waals surface area contributed by atoms with Gasteiger partial charge in [0.2, 0.25) is 0 Å². The maximum Gasteiger partial charge on any atom is 0.251 e. The highest BCUT2D eigenvalue weighted by molar-refractivity contribution is 7.99. The van der Waals surface area contributed by atoms with Crippen LogP contribution in [-0.2, 0) is 0 Å². The lowest BCUT2D eigenvalue weighted by Gasteiger charge is -2.08. The lowest BCUT2D eigenvalue weighted by molar-refractivity contribution is 0.289. The van der Waals surface area contributed by atoms with Gasteiger partial charge in [-0.3, -0.25) is 4.79 Å². The molecule has 1 aromatic heterocycles. The Hall–Kier alpha value is -0.810. The lowest BCUT2D eigenvalue weighted by atomic mass is 10.3. The highest BCUT2D eigenvalue weighted by atomic mass is 32.2. The third-order valence-electron chi connectivity index (χ3n) is 2.56. The van der Waals surface area contributed by atoms with E-state index in [0.29, 0.717) is 5.92 Å². The molecule has 0 spiro atoms. The molecule has 1 heterocycles. The van der Waals surface area contributed by atoms with Gasteiger partial charge in [0.25, 0.3) is 5.56 Å². The van der Waals surface area contributed by atoms with Crippen molar-refractivity contribution in [1.29, 1.82) is 0 Å². The van der Waals surface area contributed by atoms with Gasteiger partial charge in [-0.15, -0.1) is 11.8 Å². The number of nitrogens with zero attached hydrogens (tertiary/aromatic N) is 1. The topological polar surface area (TPSA) is 66.0 Å². The van der Waals surface area contributed by atoms with E-state index < -0.39 is 0 Å². The molecule has 1 atom stereocenters. The lowest BCUT2D eigenvalue weighted by Crippen LogP contribution is -2.11. The van der Waals surface area contributed by atoms with Crippen molar-refractivity contribution in [2.45, 2.75) is 42.4 Å². The van der Waals surface area contributed by atoms with E-state index in [1.807, 2.05) is 6.92 Å². The number of hydrogen-bond acceptors (Lipinski definition) is 4. The number of aliphatic hydroxyl groups excluding tert-OH is 1. The molecule has 1 aromatic rings. The third-order valence-corrected chi connectivity index (χ3v) is 3.65. The Morgan fingerprint density at radius 3 is 3.06 bits per heavy atom. The first-order chi connectivity index (χ1) is 7.69. The van der Waals surface area contributed by atoms with Crippen molar-refractivity contribution in [2.24, 2.45) is 0 Å². The summed E-state index contributed by atoms with van der Waals surface area (Å²) in [4.78, 5) is 18.7. The Labute approximate surface area is 98.5 Å². The van der Waals surface area contributed by atoms with Crippen LogP contribution in [0.3, 0.4) is 0 Å². The Balaban J connectivity index is 2.10. The van der Waals surface area contributed by atoms with Crippen LogP contribution in [0.1, 0.15) is 37.9 Å². The van der Waals surface area contributed by atoms with Crippen LogP contribution in [0.5, 0.6) is 0 Å². The number of nitrogens with one attached hydrogen (secondary N) is 1. The third kappa shape index (κ3) is 3.09. The molecule has 2 rings (SSSR count). The molecule has 16 heavy (non-hydrogen) atoms. The van der Waals surface area contributed by atoms with Crippen LogP contribution in [0.25, 0.3) is 0 Å². The van der Waals surface area contributed by atoms with Crippen molar-refractivity contribution in [3.8, 4) is 0 Å². The number of aliphatic hydroxyl groups is 1. The molecule has 1 unspecified atom stereocenters. The quantitative estimate of drug-likeness (QED) is 0.605. The average molecular weight is 240 g/mol. The van der Waals surface area contributed by atoms with E-state index in [9.17, 15) is 4.79 Å². The normalized spacial score (nSPS) is 17.4. The van der Waals surface area contributed by atoms with Crippen molar-refractivity contribution in [3.63, 3.8) is 0 Å². The molecule has 0 radical (unpaired) electrons. The van der Waals surface area contributed by atoms with Crippen molar-refractivity contribution in [2.75, 3.05) is 6.61 Å². The number of aromatic nitrogens is 2. The summed E-state index contributed by atoms with van der Waals surface area (Å²) in [5.74, 6) is 1.28. The maximum atomic E-state index is 11.4. The van der Waals surface area contributed by atoms with Gasteiger partial charge < -0.3 is 10.1 Å². The highest BCUT2D eigenvalue weighted by Crippen LogP contribution is 2.38. The summed E-state index contributed by atoms with van der Waals surface area (Å²) in [5, 5.41) is 9.87. The summed E-state index contributed by atoms with van der Waals surface area (Å²) in [6.45, 7) is 2.20. The summed E-state index contributed by atoms with van der Waals surface area (Å²) in [6.07, 6.45) is 2.98. The number of aromatic amines is 1. The van der Waals surface area contributed by atoms with Gasteiger partial charge in [0.15, 0.2) is 0 Å². The van der Waals surface area contributed by atoms with E-state index in [-0.39, 0.29) is 17.4 Å². The molecule has 0 aliphatic heterocycles. The molecule has 0 amide bonds. The second-order valence-corrected chi connectivity index (χ2v) is 5.64. The molecule has 2 N–H and O–H groups in total. The molecule has 1 aliphatic carbocycles. The van der Waals surface area contributed by atoms with Gasteiger partial charge >= 0.3 is 0 Å². The van der Waals surface area contributed by atoms with Crippen molar-refractivity contribution < 1.29 is 5.11 Å². The average Bonchev–Trinajstić information content (AvgIpc) is 2.99. The SMILES string of the molecule is CC(CCO)Sc1cc(=O)[nH]c(C2CC2)n1. The molecule has 0 saturated heterocycles. The van der Waals surface area contributed by atoms with Gasteiger partial charge in [-0.05, 0) is 19.3 Å². The van der Waals surface area contributed by atoms with E-state index in [4.69, 9.17) is 5.11 Å². The fourth-order valence-electron chi connectivity index (χ4n) is 1.51. The zero-order valence-electron chi connectivity index (χ0n) is 9.27. The zero-order chi connectivity index (χ0) is 11.5. The summed E-state index contributed by atoms with van der Waals surface area (Å²) in [7, 11) is 0. The molecule has 1 aliphatic rings. The first-order valence-corrected chi connectivity index (χ1v) is 6.46. The summed E-state index contributed by atoms with van der Waals surface area (Å²) < 4.78 is 0. The molecule has 5 heteroatoms. The minimum absolute atomic E-state index is 0.0735. The molecule has 1 fully saturated rings. The molecular weight excluding hydrogens is 224 g/mol. The monoisotopic (exact) mass is 240 g/mol. The molecule has 88 valence electrons. The van der Waals surface area contributed by atoms with Gasteiger partial charge in [-0.25, -0.2) is 4.98 Å². The van der Waals surface area contributed by atoms with Crippen LogP contribution >= 0.6 is 11.8 Å². The predicted octanol–water partition coefficient (Wildman–Crippen LogP) is 1.51. The Kier molecular flexibility index (Phi) is 3.66. The van der Waals surface area contributed by atoms with Crippen LogP contribution in [0.4, 0.5) is 0 Å². The van der Waals surface area contributed by atoms with Crippen LogP contribution < -0.4 is 5.56 Å². The van der Waals surface area contributed by atoms with Crippen molar-refractivity contribution in [3.05, 3.63) is 22.2 Å². The number of H-pyrrole nitrogens is 1. The molecular formula is C11H16N2O2S. The summed E-state index contributed by atoms with van der Waals surface area (Å²) in [6, 6.07) is 1.53. The highest BCUT2D eigenvalue weighted by Gasteiger charge is 2.26. The molecule has 4 nitrogen and oxygen atoms in total. The van der Waals surface area contributed by atoms with Crippen molar-refractivity contribution >= 4 is 11.8 Å². The second-order valence-electron chi connectivity index (χ2n) is 4.18. The van der Waals surface area contributed by atoms with E-state index in [2.05, 4.69) is 9.97 Å². The standard InChI is InChI=1S/C11H16N2O2S/c1-7(4-5-14)16-10-6-9(15)12-11(13-10)8-2-3-8/h6-8,14H,2-5H2,1H3,(H,12,13,15). The molecule has 0 aromatic carbocycles. The van der Waals surface area contributed by atoms with Gasteiger partial charge in [0, 0.05) is 23.8 Å². The van der Waals surface area contributed by atoms with Gasteiger partial charge in [-0.1, -0.05) is 6.92 Å². The Morgan fingerprint density at radius 1 is 1.69 bits per heavy atom. The maximum absolute atomic E-state index is 11.4. The van der Waals surface area contributed by atoms with E-state index in [1.54, 1.807) is 11.8 Å². The first kappa shape index (κ1) is 11.7. The minimum Gasteiger partial charge on any atom is -0.396 e. The smallest absolute Gasteiger partial charge is 0.251 e. The van der Waals surface area contributed by atoms with E-state index in [0.717, 1.165) is 30.1 Å². The molecule has 1 saturated carbocycles. The minimum atomic E-state index is -0.0735. The van der Waals surface area contributed by atoms with Crippen LogP contribution in [0, 0.1) is 0 Å². The van der Waals surface area contributed by atoms with Gasteiger partial charge in [-0.2, -0.15) is 0 Å². The number of thioether (sulfide) groups is 1. The number of rotatable bonds is 5. The zero-order valence-corrected chi connectivity index (χ0v) is 10.1. The van der Waals surface area contributed by atoms with E-state index >= 15 is 0 Å². The van der Waals surface area contributed by atoms with Crippen LogP contribution in [0.15, 0.2) is 15.9 Å². The first-order valence-electron chi connectivity index (χ1n) is 5.58. The predicted molar refractivity (Wildman–Crippen MR) is 63.9 cm³/mol. The summed E-state index contributed by atoms with van der Waals surface area (Å²) in [5.41, 5.74) is -0.0735.